The molecule has 0 aliphatic carbocycles. The van der Waals surface area contributed by atoms with Crippen molar-refractivity contribution in [2.24, 2.45) is 0 Å². The molecule has 188 valence electrons. The maximum absolute atomic E-state index is 13.1. The van der Waals surface area contributed by atoms with Gasteiger partial charge in [0.2, 0.25) is 5.91 Å². The number of non-ortho nitro benzene ring substituents is 1. The van der Waals surface area contributed by atoms with Crippen LogP contribution in [0.25, 0.3) is 16.9 Å². The number of benzene rings is 3. The van der Waals surface area contributed by atoms with E-state index in [1.165, 1.54) is 12.1 Å². The Morgan fingerprint density at radius 3 is 2.16 bits per heavy atom. The number of para-hydroxylation sites is 3. The Labute approximate surface area is 213 Å². The molecule has 0 fully saturated rings. The highest BCUT2D eigenvalue weighted by Gasteiger charge is 2.18. The van der Waals surface area contributed by atoms with E-state index in [1.807, 2.05) is 44.2 Å². The van der Waals surface area contributed by atoms with Gasteiger partial charge >= 0.3 is 6.03 Å². The molecule has 3 amide bonds. The quantitative estimate of drug-likeness (QED) is 0.228. The first-order valence-electron chi connectivity index (χ1n) is 11.7. The lowest BCUT2D eigenvalue weighted by Crippen LogP contribution is -2.34. The molecule has 0 aliphatic heterocycles. The molecular weight excluding hydrogens is 472 g/mol. The van der Waals surface area contributed by atoms with Crippen LogP contribution in [0, 0.1) is 10.1 Å². The molecule has 0 radical (unpaired) electrons. The smallest absolute Gasteiger partial charge is 0.319 e. The molecule has 3 N–H and O–H groups in total. The van der Waals surface area contributed by atoms with Crippen molar-refractivity contribution >= 4 is 29.0 Å². The predicted octanol–water partition coefficient (Wildman–Crippen LogP) is 5.16. The molecule has 1 aromatic heterocycles. The number of carbonyl (C=O) groups excluding carboxylic acids is 2. The molecule has 4 rings (SSSR count). The Balaban J connectivity index is 1.60. The first kappa shape index (κ1) is 25.1. The number of rotatable bonds is 8. The van der Waals surface area contributed by atoms with Crippen LogP contribution in [0.5, 0.6) is 0 Å². The highest BCUT2D eigenvalue weighted by atomic mass is 16.6. The van der Waals surface area contributed by atoms with Crippen molar-refractivity contribution in [2.75, 3.05) is 10.6 Å². The predicted molar refractivity (Wildman–Crippen MR) is 142 cm³/mol. The van der Waals surface area contributed by atoms with Crippen molar-refractivity contribution in [1.82, 2.24) is 15.1 Å². The van der Waals surface area contributed by atoms with Crippen LogP contribution in [-0.4, -0.2) is 32.7 Å². The van der Waals surface area contributed by atoms with Gasteiger partial charge in [-0.2, -0.15) is 5.10 Å². The van der Waals surface area contributed by atoms with Gasteiger partial charge in [-0.15, -0.1) is 0 Å². The molecule has 0 bridgehead atoms. The fourth-order valence-electron chi connectivity index (χ4n) is 3.73. The molecule has 10 heteroatoms. The molecule has 0 saturated carbocycles. The van der Waals surface area contributed by atoms with Crippen molar-refractivity contribution in [3.8, 4) is 16.9 Å². The van der Waals surface area contributed by atoms with Gasteiger partial charge < -0.3 is 16.0 Å². The van der Waals surface area contributed by atoms with Gasteiger partial charge in [-0.25, -0.2) is 9.48 Å². The summed E-state index contributed by atoms with van der Waals surface area (Å²) in [6.45, 7) is 3.71. The fourth-order valence-corrected chi connectivity index (χ4v) is 3.73. The van der Waals surface area contributed by atoms with E-state index in [-0.39, 0.29) is 30.1 Å². The van der Waals surface area contributed by atoms with E-state index in [9.17, 15) is 19.7 Å². The normalized spacial score (nSPS) is 10.7. The number of nitrogens with zero attached hydrogens (tertiary/aromatic N) is 3. The molecule has 0 saturated heterocycles. The summed E-state index contributed by atoms with van der Waals surface area (Å²) in [5.41, 5.74) is 3.52. The number of carbonyl (C=O) groups is 2. The largest absolute Gasteiger partial charge is 0.336 e. The summed E-state index contributed by atoms with van der Waals surface area (Å²) in [5, 5.41) is 24.1. The average Bonchev–Trinajstić information content (AvgIpc) is 3.29. The van der Waals surface area contributed by atoms with Gasteiger partial charge in [-0.05, 0) is 50.2 Å². The molecule has 0 spiro atoms. The van der Waals surface area contributed by atoms with E-state index in [0.29, 0.717) is 28.2 Å². The number of hydrogen-bond acceptors (Lipinski definition) is 5. The second-order valence-electron chi connectivity index (χ2n) is 8.61. The van der Waals surface area contributed by atoms with Crippen LogP contribution < -0.4 is 16.0 Å². The number of hydrogen-bond donors (Lipinski definition) is 3. The maximum atomic E-state index is 13.1. The van der Waals surface area contributed by atoms with Crippen LogP contribution in [0.3, 0.4) is 0 Å². The molecule has 3 aromatic carbocycles. The summed E-state index contributed by atoms with van der Waals surface area (Å²) in [6, 6.07) is 22.0. The second kappa shape index (κ2) is 11.2. The van der Waals surface area contributed by atoms with Crippen LogP contribution in [0.2, 0.25) is 0 Å². The molecule has 10 nitrogen and oxygen atoms in total. The highest BCUT2D eigenvalue weighted by Crippen LogP contribution is 2.27. The number of nitrogens with one attached hydrogen (secondary N) is 3. The van der Waals surface area contributed by atoms with E-state index in [0.717, 1.165) is 5.69 Å². The third-order valence-electron chi connectivity index (χ3n) is 5.38. The molecule has 0 unspecified atom stereocenters. The van der Waals surface area contributed by atoms with Gasteiger partial charge in [-0.3, -0.25) is 14.9 Å². The van der Waals surface area contributed by atoms with E-state index < -0.39 is 4.92 Å². The number of nitro groups is 1. The topological polar surface area (TPSA) is 131 Å². The fraction of sp³-hybridized carbons (Fsp3) is 0.148. The molecule has 1 heterocycles. The van der Waals surface area contributed by atoms with E-state index >= 15 is 0 Å². The highest BCUT2D eigenvalue weighted by molar-refractivity contribution is 6.00. The van der Waals surface area contributed by atoms with Gasteiger partial charge in [0.1, 0.15) is 0 Å². The molecule has 0 aliphatic rings. The minimum atomic E-state index is -0.465. The number of aromatic nitrogens is 2. The summed E-state index contributed by atoms with van der Waals surface area (Å²) in [5.74, 6) is -0.311. The summed E-state index contributed by atoms with van der Waals surface area (Å²) in [7, 11) is 0. The number of anilines is 2. The number of amides is 3. The van der Waals surface area contributed by atoms with Crippen molar-refractivity contribution in [3.05, 3.63) is 101 Å². The average molecular weight is 499 g/mol. The third-order valence-corrected chi connectivity index (χ3v) is 5.38. The molecule has 37 heavy (non-hydrogen) atoms. The summed E-state index contributed by atoms with van der Waals surface area (Å²) < 4.78 is 1.67. The monoisotopic (exact) mass is 498 g/mol. The maximum Gasteiger partial charge on any atom is 0.319 e. The second-order valence-corrected chi connectivity index (χ2v) is 8.61. The molecule has 4 aromatic rings. The van der Waals surface area contributed by atoms with Crippen molar-refractivity contribution in [1.29, 1.82) is 0 Å². The molecular formula is C27H26N6O4. The Kier molecular flexibility index (Phi) is 7.58. The lowest BCUT2D eigenvalue weighted by Gasteiger charge is -2.14. The SMILES string of the molecule is CC(C)NC(=O)Nc1ccccc1NC(=O)Cc1cn(-c2ccccc2)nc1-c1ccc([N+](=O)[O-])cc1. The minimum Gasteiger partial charge on any atom is -0.336 e. The summed E-state index contributed by atoms with van der Waals surface area (Å²) in [4.78, 5) is 35.9. The lowest BCUT2D eigenvalue weighted by atomic mass is 10.1. The number of nitro benzene ring substituents is 1. The van der Waals surface area contributed by atoms with E-state index in [1.54, 1.807) is 47.3 Å². The lowest BCUT2D eigenvalue weighted by molar-refractivity contribution is -0.384. The summed E-state index contributed by atoms with van der Waals surface area (Å²) in [6.07, 6.45) is 1.76. The van der Waals surface area contributed by atoms with Crippen LogP contribution in [0.15, 0.2) is 85.1 Å². The third kappa shape index (κ3) is 6.37. The minimum absolute atomic E-state index is 0.00825. The Morgan fingerprint density at radius 2 is 1.54 bits per heavy atom. The first-order valence-corrected chi connectivity index (χ1v) is 11.7. The van der Waals surface area contributed by atoms with Gasteiger partial charge in [-0.1, -0.05) is 30.3 Å². The zero-order chi connectivity index (χ0) is 26.4. The van der Waals surface area contributed by atoms with Crippen LogP contribution in [0.4, 0.5) is 21.9 Å². The van der Waals surface area contributed by atoms with Crippen molar-refractivity contribution in [2.45, 2.75) is 26.3 Å². The Morgan fingerprint density at radius 1 is 0.919 bits per heavy atom. The zero-order valence-electron chi connectivity index (χ0n) is 20.3. The van der Waals surface area contributed by atoms with Crippen molar-refractivity contribution < 1.29 is 14.5 Å². The van der Waals surface area contributed by atoms with Crippen molar-refractivity contribution in [3.63, 3.8) is 0 Å². The Bertz CT molecular complexity index is 1410. The number of urea groups is 1. The van der Waals surface area contributed by atoms with Crippen LogP contribution in [-0.2, 0) is 11.2 Å². The van der Waals surface area contributed by atoms with E-state index in [2.05, 4.69) is 21.0 Å². The van der Waals surface area contributed by atoms with Crippen LogP contribution >= 0.6 is 0 Å². The van der Waals surface area contributed by atoms with E-state index in [4.69, 9.17) is 0 Å². The zero-order valence-corrected chi connectivity index (χ0v) is 20.3. The van der Waals surface area contributed by atoms with Gasteiger partial charge in [0.05, 0.1) is 34.1 Å². The molecule has 0 atom stereocenters. The standard InChI is InChI=1S/C27H26N6O4/c1-18(2)28-27(35)30-24-11-7-6-10-23(24)29-25(34)16-20-17-32(21-8-4-3-5-9-21)31-26(20)19-12-14-22(15-13-19)33(36)37/h3-15,17-18H,16H2,1-2H3,(H,29,34)(H2,28,30,35). The van der Waals surface area contributed by atoms with Crippen LogP contribution in [0.1, 0.15) is 19.4 Å². The van der Waals surface area contributed by atoms with Gasteiger partial charge in [0, 0.05) is 35.5 Å². The van der Waals surface area contributed by atoms with Gasteiger partial charge in [0.25, 0.3) is 5.69 Å². The summed E-state index contributed by atoms with van der Waals surface area (Å²) >= 11 is 0. The first-order chi connectivity index (χ1) is 17.8. The Hall–Kier alpha value is -4.99. The van der Waals surface area contributed by atoms with Gasteiger partial charge in [0.15, 0.2) is 0 Å².